The van der Waals surface area contributed by atoms with Crippen molar-refractivity contribution in [3.63, 3.8) is 0 Å². The molecule has 7 heteroatoms. The zero-order chi connectivity index (χ0) is 17.1. The molecule has 1 aromatic heterocycles. The molecular weight excluding hydrogens is 311 g/mol. The Morgan fingerprint density at radius 2 is 2.12 bits per heavy atom. The number of carbonyl (C=O) groups is 1. The van der Waals surface area contributed by atoms with E-state index in [2.05, 4.69) is 20.4 Å². The lowest BCUT2D eigenvalue weighted by molar-refractivity contribution is -0.129. The molecule has 1 N–H and O–H groups in total. The molecule has 1 aliphatic heterocycles. The lowest BCUT2D eigenvalue weighted by Gasteiger charge is -2.34. The van der Waals surface area contributed by atoms with Crippen molar-refractivity contribution in [2.45, 2.75) is 38.8 Å². The number of hydrogen-bond donors (Lipinski definition) is 1. The first-order valence-corrected chi connectivity index (χ1v) is 8.11. The predicted molar refractivity (Wildman–Crippen MR) is 85.7 cm³/mol. The summed E-state index contributed by atoms with van der Waals surface area (Å²) in [6, 6.07) is 5.97. The third-order valence-electron chi connectivity index (χ3n) is 4.11. The normalized spacial score (nSPS) is 18.8. The number of nitrogens with zero attached hydrogens (tertiary/aromatic N) is 3. The van der Waals surface area contributed by atoms with Gasteiger partial charge in [-0.25, -0.2) is 4.39 Å². The van der Waals surface area contributed by atoms with E-state index in [1.165, 1.54) is 12.1 Å². The number of aromatic nitrogens is 2. The minimum atomic E-state index is -0.371. The molecule has 1 fully saturated rings. The molecule has 1 aromatic carbocycles. The standard InChI is InChI=1S/C17H21FN4O2/c1-11(2)16-20-15(24-21-16)9-14-17(23)19-7-8-22(14)10-12-3-5-13(18)6-4-12/h3-6,11,14H,7-10H2,1-2H3,(H,19,23). The average Bonchev–Trinajstić information content (AvgIpc) is 3.02. The highest BCUT2D eigenvalue weighted by atomic mass is 19.1. The van der Waals surface area contributed by atoms with Gasteiger partial charge in [-0.05, 0) is 17.7 Å². The maximum Gasteiger partial charge on any atom is 0.237 e. The van der Waals surface area contributed by atoms with Crippen molar-refractivity contribution < 1.29 is 13.7 Å². The van der Waals surface area contributed by atoms with E-state index in [0.29, 0.717) is 31.2 Å². The Morgan fingerprint density at radius 3 is 2.79 bits per heavy atom. The molecule has 24 heavy (non-hydrogen) atoms. The van der Waals surface area contributed by atoms with E-state index in [1.807, 2.05) is 13.8 Å². The third-order valence-corrected chi connectivity index (χ3v) is 4.11. The van der Waals surface area contributed by atoms with Crippen LogP contribution in [-0.2, 0) is 17.8 Å². The Morgan fingerprint density at radius 1 is 1.38 bits per heavy atom. The van der Waals surface area contributed by atoms with Crippen LogP contribution in [-0.4, -0.2) is 40.1 Å². The van der Waals surface area contributed by atoms with Gasteiger partial charge < -0.3 is 9.84 Å². The number of hydrogen-bond acceptors (Lipinski definition) is 5. The van der Waals surface area contributed by atoms with Gasteiger partial charge in [-0.15, -0.1) is 0 Å². The molecule has 1 atom stereocenters. The topological polar surface area (TPSA) is 71.3 Å². The summed E-state index contributed by atoms with van der Waals surface area (Å²) in [7, 11) is 0. The average molecular weight is 332 g/mol. The van der Waals surface area contributed by atoms with E-state index in [1.54, 1.807) is 12.1 Å². The van der Waals surface area contributed by atoms with Gasteiger partial charge in [-0.2, -0.15) is 4.98 Å². The number of piperazine rings is 1. The van der Waals surface area contributed by atoms with E-state index < -0.39 is 0 Å². The van der Waals surface area contributed by atoms with Gasteiger partial charge in [0.2, 0.25) is 11.8 Å². The SMILES string of the molecule is CC(C)c1noc(CC2C(=O)NCCN2Cc2ccc(F)cc2)n1. The maximum atomic E-state index is 13.1. The summed E-state index contributed by atoms with van der Waals surface area (Å²) < 4.78 is 18.3. The second-order valence-corrected chi connectivity index (χ2v) is 6.31. The van der Waals surface area contributed by atoms with Crippen molar-refractivity contribution in [2.75, 3.05) is 13.1 Å². The van der Waals surface area contributed by atoms with Gasteiger partial charge in [0, 0.05) is 25.6 Å². The molecular formula is C17H21FN4O2. The van der Waals surface area contributed by atoms with Gasteiger partial charge in [0.05, 0.1) is 12.5 Å². The molecule has 0 radical (unpaired) electrons. The number of rotatable bonds is 5. The van der Waals surface area contributed by atoms with Gasteiger partial charge in [0.1, 0.15) is 5.82 Å². The van der Waals surface area contributed by atoms with Crippen molar-refractivity contribution in [3.8, 4) is 0 Å². The molecule has 1 amide bonds. The minimum absolute atomic E-state index is 0.0485. The third kappa shape index (κ3) is 3.79. The van der Waals surface area contributed by atoms with Crippen LogP contribution in [0.4, 0.5) is 4.39 Å². The molecule has 1 saturated heterocycles. The largest absolute Gasteiger partial charge is 0.353 e. The summed E-state index contributed by atoms with van der Waals surface area (Å²) >= 11 is 0. The molecule has 2 heterocycles. The molecule has 6 nitrogen and oxygen atoms in total. The molecule has 1 unspecified atom stereocenters. The quantitative estimate of drug-likeness (QED) is 0.905. The molecule has 0 saturated carbocycles. The summed E-state index contributed by atoms with van der Waals surface area (Å²) in [5.41, 5.74) is 0.962. The first-order valence-electron chi connectivity index (χ1n) is 8.11. The van der Waals surface area contributed by atoms with Crippen molar-refractivity contribution in [3.05, 3.63) is 47.4 Å². The molecule has 0 aliphatic carbocycles. The van der Waals surface area contributed by atoms with Crippen molar-refractivity contribution >= 4 is 5.91 Å². The number of amides is 1. The van der Waals surface area contributed by atoms with Crippen LogP contribution in [0.25, 0.3) is 0 Å². The Kier molecular flexibility index (Phi) is 4.89. The molecule has 128 valence electrons. The first kappa shape index (κ1) is 16.6. The Bertz CT molecular complexity index is 699. The summed E-state index contributed by atoms with van der Waals surface area (Å²) in [5.74, 6) is 0.973. The first-order chi connectivity index (χ1) is 11.5. The van der Waals surface area contributed by atoms with Gasteiger partial charge in [-0.1, -0.05) is 31.1 Å². The zero-order valence-corrected chi connectivity index (χ0v) is 13.8. The number of benzene rings is 1. The number of carbonyl (C=O) groups excluding carboxylic acids is 1. The molecule has 3 rings (SSSR count). The van der Waals surface area contributed by atoms with Crippen molar-refractivity contribution in [1.29, 1.82) is 0 Å². The fourth-order valence-electron chi connectivity index (χ4n) is 2.75. The monoisotopic (exact) mass is 332 g/mol. The summed E-state index contributed by atoms with van der Waals surface area (Å²) in [5, 5.41) is 6.82. The van der Waals surface area contributed by atoms with E-state index in [-0.39, 0.29) is 23.7 Å². The van der Waals surface area contributed by atoms with E-state index in [9.17, 15) is 9.18 Å². The van der Waals surface area contributed by atoms with Crippen LogP contribution >= 0.6 is 0 Å². The van der Waals surface area contributed by atoms with Crippen LogP contribution in [0.1, 0.15) is 37.0 Å². The summed E-state index contributed by atoms with van der Waals surface area (Å²) in [6.07, 6.45) is 0.368. The Hall–Kier alpha value is -2.28. The fraction of sp³-hybridized carbons (Fsp3) is 0.471. The van der Waals surface area contributed by atoms with Crippen LogP contribution in [0.5, 0.6) is 0 Å². The smallest absolute Gasteiger partial charge is 0.237 e. The number of halogens is 1. The minimum Gasteiger partial charge on any atom is -0.353 e. The van der Waals surface area contributed by atoms with Gasteiger partial charge in [0.25, 0.3) is 0 Å². The number of nitrogens with one attached hydrogen (secondary N) is 1. The van der Waals surface area contributed by atoms with Crippen LogP contribution in [0.3, 0.4) is 0 Å². The van der Waals surface area contributed by atoms with E-state index >= 15 is 0 Å². The Labute approximate surface area is 140 Å². The van der Waals surface area contributed by atoms with Crippen LogP contribution in [0.2, 0.25) is 0 Å². The van der Waals surface area contributed by atoms with Gasteiger partial charge >= 0.3 is 0 Å². The summed E-state index contributed by atoms with van der Waals surface area (Å²) in [6.45, 7) is 5.87. The molecule has 0 bridgehead atoms. The van der Waals surface area contributed by atoms with Crippen LogP contribution < -0.4 is 5.32 Å². The molecule has 0 spiro atoms. The highest BCUT2D eigenvalue weighted by molar-refractivity contribution is 5.82. The molecule has 2 aromatic rings. The second-order valence-electron chi connectivity index (χ2n) is 6.31. The molecule has 1 aliphatic rings. The fourth-order valence-corrected chi connectivity index (χ4v) is 2.75. The Balaban J connectivity index is 1.73. The summed E-state index contributed by atoms with van der Waals surface area (Å²) in [4.78, 5) is 18.7. The predicted octanol–water partition coefficient (Wildman–Crippen LogP) is 1.88. The van der Waals surface area contributed by atoms with E-state index in [0.717, 1.165) is 12.1 Å². The van der Waals surface area contributed by atoms with Crippen molar-refractivity contribution in [1.82, 2.24) is 20.4 Å². The van der Waals surface area contributed by atoms with Gasteiger partial charge in [-0.3, -0.25) is 9.69 Å². The highest BCUT2D eigenvalue weighted by Gasteiger charge is 2.31. The van der Waals surface area contributed by atoms with Crippen molar-refractivity contribution in [2.24, 2.45) is 0 Å². The lowest BCUT2D eigenvalue weighted by Crippen LogP contribution is -2.55. The van der Waals surface area contributed by atoms with Crippen LogP contribution in [0, 0.1) is 5.82 Å². The highest BCUT2D eigenvalue weighted by Crippen LogP contribution is 2.17. The van der Waals surface area contributed by atoms with E-state index in [4.69, 9.17) is 4.52 Å². The lowest BCUT2D eigenvalue weighted by atomic mass is 10.1. The van der Waals surface area contributed by atoms with Gasteiger partial charge in [0.15, 0.2) is 5.82 Å². The van der Waals surface area contributed by atoms with Crippen LogP contribution in [0.15, 0.2) is 28.8 Å². The zero-order valence-electron chi connectivity index (χ0n) is 13.8. The second kappa shape index (κ2) is 7.09. The maximum absolute atomic E-state index is 13.1.